The smallest absolute Gasteiger partial charge is 0.408 e. The molecule has 0 bridgehead atoms. The second kappa shape index (κ2) is 6.74. The Bertz CT molecular complexity index is 954. The molecule has 0 saturated carbocycles. The molecule has 1 aliphatic heterocycles. The third-order valence-corrected chi connectivity index (χ3v) is 4.50. The van der Waals surface area contributed by atoms with Crippen LogP contribution in [0.25, 0.3) is 11.2 Å². The van der Waals surface area contributed by atoms with Crippen LogP contribution < -0.4 is 10.9 Å². The molecule has 1 amide bonds. The largest absolute Gasteiger partial charge is 0.465 e. The van der Waals surface area contributed by atoms with E-state index < -0.39 is 12.1 Å². The van der Waals surface area contributed by atoms with Gasteiger partial charge in [-0.15, -0.1) is 5.92 Å². The van der Waals surface area contributed by atoms with Gasteiger partial charge in [-0.25, -0.2) is 9.78 Å². The number of piperazine rings is 1. The lowest BCUT2D eigenvalue weighted by Crippen LogP contribution is -2.49. The molecular formula is C15H17ClN6O3. The minimum Gasteiger partial charge on any atom is -0.465 e. The van der Waals surface area contributed by atoms with Crippen molar-refractivity contribution in [2.75, 3.05) is 19.6 Å². The van der Waals surface area contributed by atoms with Crippen LogP contribution in [0, 0.1) is 11.8 Å². The number of nitrogens with one attached hydrogen (secondary N) is 1. The van der Waals surface area contributed by atoms with Gasteiger partial charge < -0.3 is 15.0 Å². The number of halogens is 1. The van der Waals surface area contributed by atoms with Gasteiger partial charge in [-0.2, -0.15) is 4.98 Å². The van der Waals surface area contributed by atoms with Crippen LogP contribution in [0.3, 0.4) is 0 Å². The van der Waals surface area contributed by atoms with E-state index >= 15 is 0 Å². The van der Waals surface area contributed by atoms with E-state index in [-0.39, 0.29) is 28.6 Å². The first kappa shape index (κ1) is 17.3. The average molecular weight is 365 g/mol. The van der Waals surface area contributed by atoms with Crippen LogP contribution >= 0.6 is 11.6 Å². The van der Waals surface area contributed by atoms with Crippen LogP contribution in [0.15, 0.2) is 4.79 Å². The van der Waals surface area contributed by atoms with Gasteiger partial charge in [0.25, 0.3) is 5.56 Å². The molecule has 132 valence electrons. The molecule has 0 aromatic carbocycles. The minimum atomic E-state index is -1.04. The topological polar surface area (TPSA) is 105 Å². The zero-order valence-electron chi connectivity index (χ0n) is 13.8. The second-order valence-electron chi connectivity index (χ2n) is 5.60. The lowest BCUT2D eigenvalue weighted by Gasteiger charge is -2.33. The van der Waals surface area contributed by atoms with E-state index in [4.69, 9.17) is 11.6 Å². The van der Waals surface area contributed by atoms with Crippen molar-refractivity contribution in [3.8, 4) is 11.8 Å². The Balaban J connectivity index is 2.26. The number of carboxylic acid groups (broad SMARTS) is 1. The molecule has 1 atom stereocenters. The third kappa shape index (κ3) is 2.94. The molecule has 1 unspecified atom stereocenters. The highest BCUT2D eigenvalue weighted by Gasteiger charge is 2.32. The number of hydrogen-bond donors (Lipinski definition) is 2. The van der Waals surface area contributed by atoms with Crippen molar-refractivity contribution in [2.24, 2.45) is 7.05 Å². The lowest BCUT2D eigenvalue weighted by molar-refractivity contribution is 0.109. The molecule has 3 rings (SSSR count). The van der Waals surface area contributed by atoms with Crippen molar-refractivity contribution in [2.45, 2.75) is 19.5 Å². The van der Waals surface area contributed by atoms with Gasteiger partial charge in [-0.05, 0) is 18.5 Å². The quantitative estimate of drug-likeness (QED) is 0.591. The van der Waals surface area contributed by atoms with Gasteiger partial charge in [0, 0.05) is 26.7 Å². The molecule has 2 aromatic heterocycles. The molecule has 25 heavy (non-hydrogen) atoms. The van der Waals surface area contributed by atoms with Crippen LogP contribution in [0.2, 0.25) is 5.28 Å². The van der Waals surface area contributed by atoms with Gasteiger partial charge in [0.15, 0.2) is 11.2 Å². The molecule has 1 fully saturated rings. The van der Waals surface area contributed by atoms with Gasteiger partial charge >= 0.3 is 6.09 Å². The number of fused-ring (bicyclic) bond motifs is 1. The van der Waals surface area contributed by atoms with Crippen molar-refractivity contribution >= 4 is 28.9 Å². The molecule has 1 saturated heterocycles. The van der Waals surface area contributed by atoms with E-state index in [1.54, 1.807) is 11.5 Å². The SMILES string of the molecule is CC#CCn1c(C2CNCCN2C(=O)O)nc2nc(Cl)n(C)c(=O)c21. The van der Waals surface area contributed by atoms with E-state index in [2.05, 4.69) is 27.1 Å². The molecular weight excluding hydrogens is 348 g/mol. The predicted octanol–water partition coefficient (Wildman–Crippen LogP) is 0.431. The van der Waals surface area contributed by atoms with Gasteiger partial charge in [0.05, 0.1) is 6.54 Å². The highest BCUT2D eigenvalue weighted by molar-refractivity contribution is 6.28. The normalized spacial score (nSPS) is 17.4. The summed E-state index contributed by atoms with van der Waals surface area (Å²) >= 11 is 5.98. The van der Waals surface area contributed by atoms with Crippen molar-refractivity contribution < 1.29 is 9.90 Å². The highest BCUT2D eigenvalue weighted by Crippen LogP contribution is 2.25. The van der Waals surface area contributed by atoms with Crippen molar-refractivity contribution in [1.29, 1.82) is 0 Å². The van der Waals surface area contributed by atoms with Gasteiger partial charge in [-0.3, -0.25) is 14.3 Å². The molecule has 9 nitrogen and oxygen atoms in total. The van der Waals surface area contributed by atoms with Crippen LogP contribution in [0.4, 0.5) is 4.79 Å². The van der Waals surface area contributed by atoms with Crippen molar-refractivity contribution in [3.63, 3.8) is 0 Å². The average Bonchev–Trinajstić information content (AvgIpc) is 2.96. The fourth-order valence-corrected chi connectivity index (χ4v) is 3.04. The van der Waals surface area contributed by atoms with E-state index in [0.29, 0.717) is 25.5 Å². The summed E-state index contributed by atoms with van der Waals surface area (Å²) in [4.78, 5) is 34.1. The number of hydrogen-bond acceptors (Lipinski definition) is 5. The molecule has 0 aliphatic carbocycles. The number of carbonyl (C=O) groups is 1. The second-order valence-corrected chi connectivity index (χ2v) is 5.93. The first-order valence-electron chi connectivity index (χ1n) is 7.68. The fourth-order valence-electron chi connectivity index (χ4n) is 2.89. The number of imidazole rings is 1. The van der Waals surface area contributed by atoms with E-state index in [0.717, 1.165) is 0 Å². The Kier molecular flexibility index (Phi) is 4.65. The molecule has 0 spiro atoms. The maximum absolute atomic E-state index is 12.6. The van der Waals surface area contributed by atoms with Gasteiger partial charge in [0.1, 0.15) is 11.9 Å². The van der Waals surface area contributed by atoms with Crippen LogP contribution in [-0.2, 0) is 13.6 Å². The summed E-state index contributed by atoms with van der Waals surface area (Å²) in [6.07, 6.45) is -1.04. The fraction of sp³-hybridized carbons (Fsp3) is 0.467. The molecule has 10 heteroatoms. The summed E-state index contributed by atoms with van der Waals surface area (Å²) in [5, 5.41) is 12.7. The Morgan fingerprint density at radius 1 is 1.48 bits per heavy atom. The maximum Gasteiger partial charge on any atom is 0.408 e. The van der Waals surface area contributed by atoms with Crippen LogP contribution in [0.5, 0.6) is 0 Å². The monoisotopic (exact) mass is 364 g/mol. The summed E-state index contributed by atoms with van der Waals surface area (Å²) in [5.41, 5.74) is 0.106. The molecule has 1 aliphatic rings. The molecule has 2 aromatic rings. The van der Waals surface area contributed by atoms with Crippen LogP contribution in [0.1, 0.15) is 18.8 Å². The maximum atomic E-state index is 12.6. The summed E-state index contributed by atoms with van der Waals surface area (Å²) in [7, 11) is 1.52. The summed E-state index contributed by atoms with van der Waals surface area (Å²) in [5.74, 6) is 6.12. The standard InChI is InChI=1S/C15H17ClN6O3/c1-3-4-6-22-10-11(19-14(16)20(2)13(10)23)18-12(22)9-8-17-5-7-21(9)15(24)25/h9,17H,5-8H2,1-2H3,(H,24,25). The number of nitrogens with zero attached hydrogens (tertiary/aromatic N) is 5. The first-order chi connectivity index (χ1) is 12.0. The lowest BCUT2D eigenvalue weighted by atomic mass is 10.2. The third-order valence-electron chi connectivity index (χ3n) is 4.16. The predicted molar refractivity (Wildman–Crippen MR) is 91.6 cm³/mol. The Morgan fingerprint density at radius 3 is 2.92 bits per heavy atom. The molecule has 3 heterocycles. The minimum absolute atomic E-state index is 0.0205. The summed E-state index contributed by atoms with van der Waals surface area (Å²) < 4.78 is 2.85. The van der Waals surface area contributed by atoms with Crippen molar-refractivity contribution in [3.05, 3.63) is 21.5 Å². The Labute approximate surface area is 148 Å². The zero-order chi connectivity index (χ0) is 18.1. The highest BCUT2D eigenvalue weighted by atomic mass is 35.5. The summed E-state index contributed by atoms with van der Waals surface area (Å²) in [6.45, 7) is 3.18. The Morgan fingerprint density at radius 2 is 2.24 bits per heavy atom. The molecule has 2 N–H and O–H groups in total. The number of aromatic nitrogens is 4. The van der Waals surface area contributed by atoms with Gasteiger partial charge in [-0.1, -0.05) is 5.92 Å². The summed E-state index contributed by atoms with van der Waals surface area (Å²) in [6, 6.07) is -0.539. The van der Waals surface area contributed by atoms with E-state index in [9.17, 15) is 14.7 Å². The van der Waals surface area contributed by atoms with Crippen LogP contribution in [-0.4, -0.2) is 54.8 Å². The first-order valence-corrected chi connectivity index (χ1v) is 8.06. The Hall–Kier alpha value is -2.57. The van der Waals surface area contributed by atoms with E-state index in [1.165, 1.54) is 16.5 Å². The van der Waals surface area contributed by atoms with Gasteiger partial charge in [0.2, 0.25) is 5.28 Å². The molecule has 0 radical (unpaired) electrons. The number of amides is 1. The van der Waals surface area contributed by atoms with Crippen molar-refractivity contribution in [1.82, 2.24) is 29.3 Å². The number of rotatable bonds is 2. The zero-order valence-corrected chi connectivity index (χ0v) is 14.5. The van der Waals surface area contributed by atoms with E-state index in [1.807, 2.05) is 0 Å².